The lowest BCUT2D eigenvalue weighted by Crippen LogP contribution is -2.50. The van der Waals surface area contributed by atoms with Crippen LogP contribution in [0.2, 0.25) is 0 Å². The Hall–Kier alpha value is -2.32. The zero-order chi connectivity index (χ0) is 17.6. The number of para-hydroxylation sites is 1. The highest BCUT2D eigenvalue weighted by Crippen LogP contribution is 2.10. The summed E-state index contributed by atoms with van der Waals surface area (Å²) < 4.78 is 1.67. The van der Waals surface area contributed by atoms with Crippen molar-refractivity contribution >= 4 is 5.91 Å². The van der Waals surface area contributed by atoms with Gasteiger partial charge in [0.05, 0.1) is 11.8 Å². The maximum Gasteiger partial charge on any atom is 0.223 e. The van der Waals surface area contributed by atoms with Crippen LogP contribution < -0.4 is 0 Å². The van der Waals surface area contributed by atoms with Crippen LogP contribution in [-0.2, 0) is 11.2 Å². The number of nitrogens with zero attached hydrogens (tertiary/aromatic N) is 6. The molecule has 0 radical (unpaired) electrons. The molecule has 2 heterocycles. The molecule has 1 aliphatic rings. The third-order valence-corrected chi connectivity index (χ3v) is 4.34. The first-order chi connectivity index (χ1) is 12.1. The largest absolute Gasteiger partial charge is 0.392 e. The molecule has 0 bridgehead atoms. The van der Waals surface area contributed by atoms with Crippen LogP contribution in [0.4, 0.5) is 0 Å². The van der Waals surface area contributed by atoms with Crippen molar-refractivity contribution in [3.8, 4) is 5.69 Å². The molecule has 1 N–H and O–H groups in total. The predicted octanol–water partition coefficient (Wildman–Crippen LogP) is 0.120. The molecule has 8 nitrogen and oxygen atoms in total. The van der Waals surface area contributed by atoms with Gasteiger partial charge in [0.2, 0.25) is 5.91 Å². The molecular formula is C17H24N6O2. The highest BCUT2D eigenvalue weighted by Gasteiger charge is 2.22. The molecule has 0 unspecified atom stereocenters. The van der Waals surface area contributed by atoms with Crippen LogP contribution in [0.15, 0.2) is 30.3 Å². The topological polar surface area (TPSA) is 87.4 Å². The number of hydrogen-bond donors (Lipinski definition) is 1. The summed E-state index contributed by atoms with van der Waals surface area (Å²) in [6.45, 7) is 5.46. The van der Waals surface area contributed by atoms with E-state index in [9.17, 15) is 9.90 Å². The Morgan fingerprint density at radius 2 is 1.92 bits per heavy atom. The van der Waals surface area contributed by atoms with Crippen LogP contribution in [0.5, 0.6) is 0 Å². The lowest BCUT2D eigenvalue weighted by Gasteiger charge is -2.35. The van der Waals surface area contributed by atoms with Gasteiger partial charge >= 0.3 is 0 Å². The molecule has 0 spiro atoms. The number of amides is 1. The number of aryl methyl sites for hydroxylation is 1. The molecule has 1 aromatic heterocycles. The van der Waals surface area contributed by atoms with Crippen LogP contribution in [0.25, 0.3) is 5.69 Å². The molecule has 1 amide bonds. The molecule has 1 fully saturated rings. The maximum absolute atomic E-state index is 12.5. The van der Waals surface area contributed by atoms with Gasteiger partial charge in [0.15, 0.2) is 5.82 Å². The van der Waals surface area contributed by atoms with Gasteiger partial charge in [0, 0.05) is 45.6 Å². The first-order valence-corrected chi connectivity index (χ1v) is 8.64. The highest BCUT2D eigenvalue weighted by molar-refractivity contribution is 5.76. The summed E-state index contributed by atoms with van der Waals surface area (Å²) >= 11 is 0. The van der Waals surface area contributed by atoms with Crippen molar-refractivity contribution in [2.75, 3.05) is 32.7 Å². The van der Waals surface area contributed by atoms with Crippen molar-refractivity contribution in [2.24, 2.45) is 0 Å². The quantitative estimate of drug-likeness (QED) is 0.801. The second-order valence-corrected chi connectivity index (χ2v) is 6.37. The monoisotopic (exact) mass is 344 g/mol. The van der Waals surface area contributed by atoms with Crippen LogP contribution in [0.1, 0.15) is 19.2 Å². The SMILES string of the molecule is C[C@H](O)CN1CCN(C(=O)CCc2nnnn2-c2ccccc2)CC1. The second kappa shape index (κ2) is 8.17. The zero-order valence-corrected chi connectivity index (χ0v) is 14.5. The number of aliphatic hydroxyl groups excluding tert-OH is 1. The summed E-state index contributed by atoms with van der Waals surface area (Å²) in [5.41, 5.74) is 0.890. The second-order valence-electron chi connectivity index (χ2n) is 6.37. The van der Waals surface area contributed by atoms with Crippen molar-refractivity contribution < 1.29 is 9.90 Å². The Morgan fingerprint density at radius 3 is 2.60 bits per heavy atom. The van der Waals surface area contributed by atoms with Crippen LogP contribution in [-0.4, -0.2) is 79.8 Å². The van der Waals surface area contributed by atoms with E-state index in [1.807, 2.05) is 35.2 Å². The molecule has 1 aromatic carbocycles. The first-order valence-electron chi connectivity index (χ1n) is 8.64. The van der Waals surface area contributed by atoms with E-state index in [1.54, 1.807) is 11.6 Å². The number of hydrogen-bond acceptors (Lipinski definition) is 6. The summed E-state index contributed by atoms with van der Waals surface area (Å²) in [4.78, 5) is 16.5. The average molecular weight is 344 g/mol. The van der Waals surface area contributed by atoms with E-state index in [4.69, 9.17) is 0 Å². The third kappa shape index (κ3) is 4.61. The van der Waals surface area contributed by atoms with E-state index in [2.05, 4.69) is 20.4 Å². The van der Waals surface area contributed by atoms with Gasteiger partial charge in [-0.2, -0.15) is 4.68 Å². The Bertz CT molecular complexity index is 679. The molecule has 1 atom stereocenters. The number of benzene rings is 1. The van der Waals surface area contributed by atoms with Crippen molar-refractivity contribution in [3.63, 3.8) is 0 Å². The normalized spacial score (nSPS) is 16.8. The first kappa shape index (κ1) is 17.5. The van der Waals surface area contributed by atoms with Crippen molar-refractivity contribution in [1.29, 1.82) is 0 Å². The lowest BCUT2D eigenvalue weighted by atomic mass is 10.2. The number of rotatable bonds is 6. The van der Waals surface area contributed by atoms with Crippen LogP contribution >= 0.6 is 0 Å². The number of carbonyl (C=O) groups excluding carboxylic acids is 1. The summed E-state index contributed by atoms with van der Waals surface area (Å²) in [5, 5.41) is 21.2. The molecule has 0 saturated carbocycles. The Labute approximate surface area is 147 Å². The van der Waals surface area contributed by atoms with E-state index in [-0.39, 0.29) is 12.0 Å². The van der Waals surface area contributed by atoms with E-state index < -0.39 is 0 Å². The van der Waals surface area contributed by atoms with Crippen LogP contribution in [0, 0.1) is 0 Å². The predicted molar refractivity (Wildman–Crippen MR) is 92.2 cm³/mol. The third-order valence-electron chi connectivity index (χ3n) is 4.34. The number of aromatic nitrogens is 4. The highest BCUT2D eigenvalue weighted by atomic mass is 16.3. The zero-order valence-electron chi connectivity index (χ0n) is 14.5. The molecule has 25 heavy (non-hydrogen) atoms. The fourth-order valence-electron chi connectivity index (χ4n) is 3.06. The number of β-amino-alcohol motifs (C(OH)–C–C–N with tert-alkyl or cyclic N) is 1. The van der Waals surface area contributed by atoms with Gasteiger partial charge in [-0.3, -0.25) is 9.69 Å². The van der Waals surface area contributed by atoms with Crippen molar-refractivity contribution in [3.05, 3.63) is 36.2 Å². The standard InChI is InChI=1S/C17H24N6O2/c1-14(24)13-21-9-11-22(12-10-21)17(25)8-7-16-18-19-20-23(16)15-5-3-2-4-6-15/h2-6,14,24H,7-13H2,1H3/t14-/m0/s1. The molecule has 0 aliphatic carbocycles. The van der Waals surface area contributed by atoms with Crippen molar-refractivity contribution in [1.82, 2.24) is 30.0 Å². The van der Waals surface area contributed by atoms with Gasteiger partial charge in [-0.05, 0) is 29.5 Å². The smallest absolute Gasteiger partial charge is 0.223 e. The maximum atomic E-state index is 12.5. The summed E-state index contributed by atoms with van der Waals surface area (Å²) in [6.07, 6.45) is 0.567. The van der Waals surface area contributed by atoms with Crippen LogP contribution in [0.3, 0.4) is 0 Å². The van der Waals surface area contributed by atoms with Gasteiger partial charge in [-0.25, -0.2) is 0 Å². The van der Waals surface area contributed by atoms with E-state index >= 15 is 0 Å². The van der Waals surface area contributed by atoms with E-state index in [0.717, 1.165) is 18.8 Å². The minimum Gasteiger partial charge on any atom is -0.392 e. The van der Waals surface area contributed by atoms with E-state index in [0.29, 0.717) is 38.3 Å². The number of carbonyl (C=O) groups is 1. The van der Waals surface area contributed by atoms with Gasteiger partial charge in [-0.15, -0.1) is 5.10 Å². The molecule has 2 aromatic rings. The molecular weight excluding hydrogens is 320 g/mol. The minimum atomic E-state index is -0.334. The molecule has 1 aliphatic heterocycles. The molecule has 134 valence electrons. The molecule has 3 rings (SSSR count). The Balaban J connectivity index is 1.52. The fraction of sp³-hybridized carbons (Fsp3) is 0.529. The molecule has 1 saturated heterocycles. The van der Waals surface area contributed by atoms with Gasteiger partial charge < -0.3 is 10.0 Å². The summed E-state index contributed by atoms with van der Waals surface area (Å²) in [6, 6.07) is 9.66. The number of piperazine rings is 1. The number of tetrazole rings is 1. The van der Waals surface area contributed by atoms with E-state index in [1.165, 1.54) is 0 Å². The molecule has 8 heteroatoms. The Morgan fingerprint density at radius 1 is 1.20 bits per heavy atom. The van der Waals surface area contributed by atoms with Crippen molar-refractivity contribution in [2.45, 2.75) is 25.9 Å². The fourth-order valence-corrected chi connectivity index (χ4v) is 3.06. The Kier molecular flexibility index (Phi) is 5.72. The lowest BCUT2D eigenvalue weighted by molar-refractivity contribution is -0.133. The number of aliphatic hydroxyl groups is 1. The average Bonchev–Trinajstić information content (AvgIpc) is 3.09. The summed E-state index contributed by atoms with van der Waals surface area (Å²) in [5.74, 6) is 0.812. The van der Waals surface area contributed by atoms with Gasteiger partial charge in [0.1, 0.15) is 0 Å². The van der Waals surface area contributed by atoms with Gasteiger partial charge in [-0.1, -0.05) is 18.2 Å². The van der Waals surface area contributed by atoms with Gasteiger partial charge in [0.25, 0.3) is 0 Å². The summed E-state index contributed by atoms with van der Waals surface area (Å²) in [7, 11) is 0. The minimum absolute atomic E-state index is 0.124.